The van der Waals surface area contributed by atoms with E-state index in [-0.39, 0.29) is 6.04 Å². The maximum absolute atomic E-state index is 6.13. The summed E-state index contributed by atoms with van der Waals surface area (Å²) >= 11 is 0. The highest BCUT2D eigenvalue weighted by atomic mass is 16.3. The lowest BCUT2D eigenvalue weighted by molar-refractivity contribution is 0.187. The maximum atomic E-state index is 6.13. The van der Waals surface area contributed by atoms with Crippen LogP contribution in [0.4, 0.5) is 0 Å². The van der Waals surface area contributed by atoms with Crippen molar-refractivity contribution in [3.05, 3.63) is 59.5 Å². The molecule has 2 aromatic rings. The molecule has 1 aromatic carbocycles. The van der Waals surface area contributed by atoms with Crippen molar-refractivity contribution in [3.8, 4) is 0 Å². The van der Waals surface area contributed by atoms with Crippen molar-refractivity contribution in [1.29, 1.82) is 0 Å². The van der Waals surface area contributed by atoms with E-state index >= 15 is 0 Å². The lowest BCUT2D eigenvalue weighted by atomic mass is 9.96. The molecule has 112 valence electrons. The normalized spacial score (nSPS) is 16.3. The minimum atomic E-state index is 0.261. The van der Waals surface area contributed by atoms with Gasteiger partial charge in [-0.1, -0.05) is 31.2 Å². The molecule has 1 unspecified atom stereocenters. The van der Waals surface area contributed by atoms with Crippen molar-refractivity contribution in [1.82, 2.24) is 4.90 Å². The predicted molar refractivity (Wildman–Crippen MR) is 85.0 cm³/mol. The molecule has 1 saturated carbocycles. The fourth-order valence-electron chi connectivity index (χ4n) is 3.10. The second-order valence-electron chi connectivity index (χ2n) is 5.80. The van der Waals surface area contributed by atoms with Crippen LogP contribution in [0.5, 0.6) is 0 Å². The molecule has 3 rings (SSSR count). The van der Waals surface area contributed by atoms with Crippen LogP contribution in [0.1, 0.15) is 48.6 Å². The van der Waals surface area contributed by atoms with Crippen molar-refractivity contribution in [3.63, 3.8) is 0 Å². The SMILES string of the molecule is CCN(Cc1ccco1)C(CN)c1ccccc1C1CC1. The molecular formula is C18H24N2O. The lowest BCUT2D eigenvalue weighted by Crippen LogP contribution is -2.33. The molecule has 1 aromatic heterocycles. The van der Waals surface area contributed by atoms with Gasteiger partial charge in [0.1, 0.15) is 5.76 Å². The number of nitrogens with two attached hydrogens (primary N) is 1. The van der Waals surface area contributed by atoms with E-state index in [0.29, 0.717) is 6.54 Å². The Labute approximate surface area is 126 Å². The van der Waals surface area contributed by atoms with Gasteiger partial charge >= 0.3 is 0 Å². The van der Waals surface area contributed by atoms with Crippen molar-refractivity contribution >= 4 is 0 Å². The molecule has 0 aliphatic heterocycles. The first-order valence-electron chi connectivity index (χ1n) is 7.88. The van der Waals surface area contributed by atoms with Gasteiger partial charge in [0, 0.05) is 12.6 Å². The van der Waals surface area contributed by atoms with Crippen LogP contribution in [0.3, 0.4) is 0 Å². The Morgan fingerprint density at radius 3 is 2.67 bits per heavy atom. The smallest absolute Gasteiger partial charge is 0.117 e. The molecule has 0 radical (unpaired) electrons. The van der Waals surface area contributed by atoms with E-state index in [9.17, 15) is 0 Å². The number of hydrogen-bond acceptors (Lipinski definition) is 3. The molecule has 0 saturated heterocycles. The molecular weight excluding hydrogens is 260 g/mol. The summed E-state index contributed by atoms with van der Waals surface area (Å²) in [5.74, 6) is 1.75. The van der Waals surface area contributed by atoms with Gasteiger partial charge in [-0.05, 0) is 48.6 Å². The summed E-state index contributed by atoms with van der Waals surface area (Å²) in [4.78, 5) is 2.40. The molecule has 1 aliphatic rings. The Morgan fingerprint density at radius 1 is 1.24 bits per heavy atom. The third kappa shape index (κ3) is 3.20. The van der Waals surface area contributed by atoms with Crippen LogP contribution >= 0.6 is 0 Å². The molecule has 1 atom stereocenters. The van der Waals surface area contributed by atoms with E-state index < -0.39 is 0 Å². The molecule has 0 spiro atoms. The largest absolute Gasteiger partial charge is 0.468 e. The van der Waals surface area contributed by atoms with Gasteiger partial charge in [0.2, 0.25) is 0 Å². The minimum absolute atomic E-state index is 0.261. The molecule has 3 nitrogen and oxygen atoms in total. The van der Waals surface area contributed by atoms with Crippen molar-refractivity contribution in [2.45, 2.75) is 38.3 Å². The highest BCUT2D eigenvalue weighted by Crippen LogP contribution is 2.43. The van der Waals surface area contributed by atoms with Crippen molar-refractivity contribution < 1.29 is 4.42 Å². The second kappa shape index (κ2) is 6.46. The van der Waals surface area contributed by atoms with Crippen LogP contribution in [0.2, 0.25) is 0 Å². The third-order valence-corrected chi connectivity index (χ3v) is 4.38. The second-order valence-corrected chi connectivity index (χ2v) is 5.80. The Hall–Kier alpha value is -1.58. The fourth-order valence-corrected chi connectivity index (χ4v) is 3.10. The Balaban J connectivity index is 1.85. The number of benzene rings is 1. The summed E-state index contributed by atoms with van der Waals surface area (Å²) < 4.78 is 5.50. The van der Waals surface area contributed by atoms with E-state index in [1.54, 1.807) is 6.26 Å². The van der Waals surface area contributed by atoms with Crippen molar-refractivity contribution in [2.75, 3.05) is 13.1 Å². The van der Waals surface area contributed by atoms with Crippen molar-refractivity contribution in [2.24, 2.45) is 5.73 Å². The number of rotatable bonds is 7. The zero-order valence-electron chi connectivity index (χ0n) is 12.7. The predicted octanol–water partition coefficient (Wildman–Crippen LogP) is 3.68. The zero-order chi connectivity index (χ0) is 14.7. The van der Waals surface area contributed by atoms with Gasteiger partial charge in [-0.15, -0.1) is 0 Å². The lowest BCUT2D eigenvalue weighted by Gasteiger charge is -2.31. The Morgan fingerprint density at radius 2 is 2.05 bits per heavy atom. The molecule has 21 heavy (non-hydrogen) atoms. The van der Waals surface area contributed by atoms with Crippen LogP contribution in [-0.2, 0) is 6.54 Å². The summed E-state index contributed by atoms with van der Waals surface area (Å²) in [6.45, 7) is 4.59. The summed E-state index contributed by atoms with van der Waals surface area (Å²) in [6.07, 6.45) is 4.37. The monoisotopic (exact) mass is 284 g/mol. The fraction of sp³-hybridized carbons (Fsp3) is 0.444. The van der Waals surface area contributed by atoms with Gasteiger partial charge in [-0.25, -0.2) is 0 Å². The zero-order valence-corrected chi connectivity index (χ0v) is 12.7. The molecule has 0 bridgehead atoms. The molecule has 2 N–H and O–H groups in total. The molecule has 1 fully saturated rings. The topological polar surface area (TPSA) is 42.4 Å². The van der Waals surface area contributed by atoms with Crippen LogP contribution < -0.4 is 5.73 Å². The van der Waals surface area contributed by atoms with Gasteiger partial charge in [-0.3, -0.25) is 4.90 Å². The number of nitrogens with zero attached hydrogens (tertiary/aromatic N) is 1. The number of likely N-dealkylation sites (N-methyl/N-ethyl adjacent to an activating group) is 1. The van der Waals surface area contributed by atoms with E-state index in [0.717, 1.165) is 24.8 Å². The maximum Gasteiger partial charge on any atom is 0.117 e. The molecule has 0 amide bonds. The van der Waals surface area contributed by atoms with E-state index in [1.807, 2.05) is 12.1 Å². The van der Waals surface area contributed by atoms with Crippen LogP contribution in [0.25, 0.3) is 0 Å². The Bertz CT molecular complexity index is 560. The molecule has 1 aliphatic carbocycles. The highest BCUT2D eigenvalue weighted by Gasteiger charge is 2.29. The van der Waals surface area contributed by atoms with E-state index in [4.69, 9.17) is 10.2 Å². The van der Waals surface area contributed by atoms with Gasteiger partial charge in [0.25, 0.3) is 0 Å². The average molecular weight is 284 g/mol. The van der Waals surface area contributed by atoms with Crippen LogP contribution in [0, 0.1) is 0 Å². The number of furan rings is 1. The molecule has 3 heteroatoms. The first-order valence-corrected chi connectivity index (χ1v) is 7.88. The summed E-state index contributed by atoms with van der Waals surface area (Å²) in [5, 5.41) is 0. The van der Waals surface area contributed by atoms with Gasteiger partial charge in [-0.2, -0.15) is 0 Å². The standard InChI is InChI=1S/C18H24N2O/c1-2-20(13-15-6-5-11-21-15)18(12-19)17-8-4-3-7-16(17)14-9-10-14/h3-8,11,14,18H,2,9-10,12-13,19H2,1H3. The quantitative estimate of drug-likeness (QED) is 0.843. The minimum Gasteiger partial charge on any atom is -0.468 e. The summed E-state index contributed by atoms with van der Waals surface area (Å²) in [7, 11) is 0. The van der Waals surface area contributed by atoms with Gasteiger partial charge in [0.15, 0.2) is 0 Å². The average Bonchev–Trinajstić information content (AvgIpc) is 3.24. The van der Waals surface area contributed by atoms with E-state index in [1.165, 1.54) is 24.0 Å². The third-order valence-electron chi connectivity index (χ3n) is 4.38. The van der Waals surface area contributed by atoms with Crippen LogP contribution in [0.15, 0.2) is 47.1 Å². The number of hydrogen-bond donors (Lipinski definition) is 1. The first kappa shape index (κ1) is 14.4. The summed E-state index contributed by atoms with van der Waals surface area (Å²) in [5.41, 5.74) is 9.02. The van der Waals surface area contributed by atoms with Gasteiger partial charge in [0.05, 0.1) is 12.8 Å². The van der Waals surface area contributed by atoms with E-state index in [2.05, 4.69) is 36.1 Å². The first-order chi connectivity index (χ1) is 10.3. The molecule has 1 heterocycles. The van der Waals surface area contributed by atoms with Crippen LogP contribution in [-0.4, -0.2) is 18.0 Å². The highest BCUT2D eigenvalue weighted by molar-refractivity contribution is 5.36. The van der Waals surface area contributed by atoms with Gasteiger partial charge < -0.3 is 10.2 Å². The Kier molecular flexibility index (Phi) is 4.42. The summed E-state index contributed by atoms with van der Waals surface area (Å²) in [6, 6.07) is 13.0.